The minimum atomic E-state index is -0.984. The summed E-state index contributed by atoms with van der Waals surface area (Å²) in [5.41, 5.74) is 1.89. The number of nitrogens with one attached hydrogen (secondary N) is 1. The highest BCUT2D eigenvalue weighted by atomic mass is 16.4. The summed E-state index contributed by atoms with van der Waals surface area (Å²) >= 11 is 0. The Morgan fingerprint density at radius 3 is 2.42 bits per heavy atom. The van der Waals surface area contributed by atoms with Gasteiger partial charge in [-0.2, -0.15) is 0 Å². The molecule has 0 saturated carbocycles. The number of benzene rings is 1. The second kappa shape index (κ2) is 7.20. The summed E-state index contributed by atoms with van der Waals surface area (Å²) < 4.78 is 1.27. The molecule has 1 atom stereocenters. The summed E-state index contributed by atoms with van der Waals surface area (Å²) in [6.07, 6.45) is 1.13. The van der Waals surface area contributed by atoms with Gasteiger partial charge < -0.3 is 10.4 Å². The molecule has 1 unspecified atom stereocenters. The largest absolute Gasteiger partial charge is 0.481 e. The van der Waals surface area contributed by atoms with Crippen LogP contribution in [0.5, 0.6) is 0 Å². The molecule has 2 N–H and O–H groups in total. The summed E-state index contributed by atoms with van der Waals surface area (Å²) in [4.78, 5) is 23.2. The molecular weight excluding hydrogens is 310 g/mol. The highest BCUT2D eigenvalue weighted by Gasteiger charge is 2.20. The van der Waals surface area contributed by atoms with Gasteiger partial charge in [-0.15, -0.1) is 5.10 Å². The fraction of sp³-hybridized carbons (Fsp3) is 0.438. The van der Waals surface area contributed by atoms with E-state index in [2.05, 4.69) is 41.6 Å². The number of amides is 1. The Hall–Kier alpha value is -2.77. The second-order valence-electron chi connectivity index (χ2n) is 6.60. The molecule has 2 aromatic rings. The van der Waals surface area contributed by atoms with E-state index in [9.17, 15) is 9.59 Å². The maximum atomic E-state index is 12.1. The lowest BCUT2D eigenvalue weighted by Crippen LogP contribution is -2.33. The molecule has 0 aliphatic carbocycles. The zero-order valence-corrected chi connectivity index (χ0v) is 13.9. The van der Waals surface area contributed by atoms with Gasteiger partial charge in [-0.25, -0.2) is 4.68 Å². The van der Waals surface area contributed by atoms with Crippen LogP contribution in [0.25, 0.3) is 0 Å². The molecule has 1 amide bonds. The minimum Gasteiger partial charge on any atom is -0.481 e. The van der Waals surface area contributed by atoms with Crippen LogP contribution in [0.4, 0.5) is 0 Å². The summed E-state index contributed by atoms with van der Waals surface area (Å²) in [6, 6.07) is 7.01. The third-order valence-electron chi connectivity index (χ3n) is 3.59. The van der Waals surface area contributed by atoms with Gasteiger partial charge in [0.1, 0.15) is 12.9 Å². The van der Waals surface area contributed by atoms with Crippen LogP contribution in [0.15, 0.2) is 30.6 Å². The van der Waals surface area contributed by atoms with E-state index >= 15 is 0 Å². The van der Waals surface area contributed by atoms with Crippen molar-refractivity contribution in [3.05, 3.63) is 41.7 Å². The monoisotopic (exact) mass is 331 g/mol. The van der Waals surface area contributed by atoms with Crippen LogP contribution >= 0.6 is 0 Å². The van der Waals surface area contributed by atoms with Crippen molar-refractivity contribution in [3.8, 4) is 0 Å². The van der Waals surface area contributed by atoms with E-state index in [-0.39, 0.29) is 24.3 Å². The number of nitrogens with zero attached hydrogens (tertiary/aromatic N) is 4. The van der Waals surface area contributed by atoms with Crippen molar-refractivity contribution in [2.24, 2.45) is 0 Å². The molecule has 1 aromatic heterocycles. The SMILES string of the molecule is CC(C)(C)c1ccc(C(CC(=O)O)NC(=O)Cn2cnnn2)cc1. The molecule has 0 fully saturated rings. The number of carboxylic acid groups (broad SMARTS) is 1. The number of carbonyl (C=O) groups is 2. The van der Waals surface area contributed by atoms with Crippen molar-refractivity contribution in [1.29, 1.82) is 0 Å². The lowest BCUT2D eigenvalue weighted by atomic mass is 9.86. The Balaban J connectivity index is 2.12. The summed E-state index contributed by atoms with van der Waals surface area (Å²) in [6.45, 7) is 6.24. The van der Waals surface area contributed by atoms with Crippen molar-refractivity contribution in [2.45, 2.75) is 45.2 Å². The smallest absolute Gasteiger partial charge is 0.305 e. The number of carbonyl (C=O) groups excluding carboxylic acids is 1. The van der Waals surface area contributed by atoms with Gasteiger partial charge in [0.2, 0.25) is 5.91 Å². The average molecular weight is 331 g/mol. The third kappa shape index (κ3) is 4.87. The molecule has 0 bridgehead atoms. The molecular formula is C16H21N5O3. The molecule has 0 aliphatic heterocycles. The Bertz CT molecular complexity index is 690. The zero-order valence-electron chi connectivity index (χ0n) is 13.9. The summed E-state index contributed by atoms with van der Waals surface area (Å²) in [5, 5.41) is 22.4. The van der Waals surface area contributed by atoms with E-state index in [0.717, 1.165) is 11.1 Å². The first kappa shape index (κ1) is 17.6. The number of tetrazole rings is 1. The van der Waals surface area contributed by atoms with Crippen LogP contribution in [0.1, 0.15) is 44.4 Å². The average Bonchev–Trinajstić information content (AvgIpc) is 2.98. The Morgan fingerprint density at radius 1 is 1.25 bits per heavy atom. The molecule has 0 spiro atoms. The number of rotatable bonds is 6. The number of hydrogen-bond donors (Lipinski definition) is 2. The maximum Gasteiger partial charge on any atom is 0.305 e. The predicted octanol–water partition coefficient (Wildman–Crippen LogP) is 1.30. The minimum absolute atomic E-state index is 0.00413. The van der Waals surface area contributed by atoms with E-state index in [4.69, 9.17) is 5.11 Å². The highest BCUT2D eigenvalue weighted by molar-refractivity contribution is 5.77. The molecule has 8 nitrogen and oxygen atoms in total. The fourth-order valence-corrected chi connectivity index (χ4v) is 2.28. The van der Waals surface area contributed by atoms with E-state index in [0.29, 0.717) is 0 Å². The molecule has 1 aromatic carbocycles. The summed E-state index contributed by atoms with van der Waals surface area (Å²) in [5.74, 6) is -1.34. The molecule has 0 saturated heterocycles. The van der Waals surface area contributed by atoms with Gasteiger partial charge in [0, 0.05) is 0 Å². The first-order valence-electron chi connectivity index (χ1n) is 7.58. The van der Waals surface area contributed by atoms with Crippen LogP contribution in [-0.4, -0.2) is 37.2 Å². The zero-order chi connectivity index (χ0) is 17.7. The maximum absolute atomic E-state index is 12.1. The molecule has 1 heterocycles. The number of aliphatic carboxylic acids is 1. The topological polar surface area (TPSA) is 110 Å². The van der Waals surface area contributed by atoms with Gasteiger partial charge in [-0.05, 0) is 27.0 Å². The molecule has 128 valence electrons. The van der Waals surface area contributed by atoms with Crippen molar-refractivity contribution in [2.75, 3.05) is 0 Å². The Kier molecular flexibility index (Phi) is 5.28. The van der Waals surface area contributed by atoms with Crippen LogP contribution in [0.2, 0.25) is 0 Å². The number of hydrogen-bond acceptors (Lipinski definition) is 5. The molecule has 24 heavy (non-hydrogen) atoms. The normalized spacial score (nSPS) is 12.6. The van der Waals surface area contributed by atoms with E-state index in [1.165, 1.54) is 11.0 Å². The molecule has 0 aliphatic rings. The fourth-order valence-electron chi connectivity index (χ4n) is 2.28. The quantitative estimate of drug-likeness (QED) is 0.825. The lowest BCUT2D eigenvalue weighted by molar-refractivity contribution is -0.137. The van der Waals surface area contributed by atoms with Gasteiger partial charge in [0.05, 0.1) is 12.5 Å². The van der Waals surface area contributed by atoms with Crippen molar-refractivity contribution < 1.29 is 14.7 Å². The first-order valence-corrected chi connectivity index (χ1v) is 7.58. The lowest BCUT2D eigenvalue weighted by Gasteiger charge is -2.21. The highest BCUT2D eigenvalue weighted by Crippen LogP contribution is 2.25. The molecule has 0 radical (unpaired) electrons. The van der Waals surface area contributed by atoms with E-state index < -0.39 is 12.0 Å². The number of aromatic nitrogens is 4. The number of carboxylic acids is 1. The van der Waals surface area contributed by atoms with E-state index in [1.54, 1.807) is 0 Å². The van der Waals surface area contributed by atoms with Crippen molar-refractivity contribution in [3.63, 3.8) is 0 Å². The Labute approximate surface area is 139 Å². The van der Waals surface area contributed by atoms with Gasteiger partial charge >= 0.3 is 5.97 Å². The Morgan fingerprint density at radius 2 is 1.92 bits per heavy atom. The van der Waals surface area contributed by atoms with Crippen molar-refractivity contribution >= 4 is 11.9 Å². The third-order valence-corrected chi connectivity index (χ3v) is 3.59. The summed E-state index contributed by atoms with van der Waals surface area (Å²) in [7, 11) is 0. The first-order chi connectivity index (χ1) is 11.3. The van der Waals surface area contributed by atoms with Gasteiger partial charge in [0.25, 0.3) is 0 Å². The van der Waals surface area contributed by atoms with Crippen LogP contribution in [0, 0.1) is 0 Å². The van der Waals surface area contributed by atoms with Crippen molar-refractivity contribution in [1.82, 2.24) is 25.5 Å². The van der Waals surface area contributed by atoms with Crippen LogP contribution < -0.4 is 5.32 Å². The van der Waals surface area contributed by atoms with Gasteiger partial charge in [0.15, 0.2) is 0 Å². The van der Waals surface area contributed by atoms with Crippen LogP contribution in [-0.2, 0) is 21.5 Å². The van der Waals surface area contributed by atoms with Crippen LogP contribution in [0.3, 0.4) is 0 Å². The molecule has 8 heteroatoms. The standard InChI is InChI=1S/C16H21N5O3/c1-16(2,3)12-6-4-11(5-7-12)13(8-15(23)24)18-14(22)9-21-10-17-19-20-21/h4-7,10,13H,8-9H2,1-3H3,(H,18,22)(H,23,24). The van der Waals surface area contributed by atoms with Gasteiger partial charge in [-0.1, -0.05) is 45.0 Å². The molecule has 2 rings (SSSR count). The second-order valence-corrected chi connectivity index (χ2v) is 6.60. The van der Waals surface area contributed by atoms with E-state index in [1.807, 2.05) is 24.3 Å². The van der Waals surface area contributed by atoms with Gasteiger partial charge in [-0.3, -0.25) is 9.59 Å². The predicted molar refractivity (Wildman–Crippen MR) is 86.1 cm³/mol.